The van der Waals surface area contributed by atoms with Crippen molar-refractivity contribution in [3.05, 3.63) is 29.3 Å². The van der Waals surface area contributed by atoms with E-state index in [1.807, 2.05) is 6.07 Å². The zero-order valence-corrected chi connectivity index (χ0v) is 9.72. The van der Waals surface area contributed by atoms with Gasteiger partial charge in [0.05, 0.1) is 6.04 Å². The van der Waals surface area contributed by atoms with Gasteiger partial charge in [-0.3, -0.25) is 9.59 Å². The average molecular weight is 249 g/mol. The van der Waals surface area contributed by atoms with Crippen molar-refractivity contribution in [3.63, 3.8) is 0 Å². The molecule has 1 aliphatic rings. The lowest BCUT2D eigenvalue weighted by atomic mass is 9.95. The number of carboxylic acids is 1. The Morgan fingerprint density at radius 1 is 1.33 bits per heavy atom. The van der Waals surface area contributed by atoms with Crippen LogP contribution in [0.15, 0.2) is 18.2 Å². The Morgan fingerprint density at radius 3 is 2.72 bits per heavy atom. The maximum atomic E-state index is 11.2. The highest BCUT2D eigenvalue weighted by atomic mass is 16.4. The third-order valence-electron chi connectivity index (χ3n) is 3.08. The standard InChI is InChI=1S/C12H15N3O3/c13-10(11(14)12(17)18)7-1-3-8-6(5-7)2-4-9(16)15-8/h1,3,5,10-11H,2,4,13-14H2,(H,15,16)(H,17,18). The summed E-state index contributed by atoms with van der Waals surface area (Å²) in [7, 11) is 0. The molecule has 2 unspecified atom stereocenters. The zero-order valence-electron chi connectivity index (χ0n) is 9.72. The number of nitrogens with two attached hydrogens (primary N) is 2. The van der Waals surface area contributed by atoms with Crippen LogP contribution in [0.5, 0.6) is 0 Å². The number of fused-ring (bicyclic) bond motifs is 1. The van der Waals surface area contributed by atoms with E-state index in [9.17, 15) is 9.59 Å². The number of nitrogens with one attached hydrogen (secondary N) is 1. The number of carbonyl (C=O) groups excluding carboxylic acids is 1. The summed E-state index contributed by atoms with van der Waals surface area (Å²) in [5.41, 5.74) is 13.7. The Labute approximate surface area is 104 Å². The topological polar surface area (TPSA) is 118 Å². The molecule has 0 aliphatic carbocycles. The summed E-state index contributed by atoms with van der Waals surface area (Å²) in [6.07, 6.45) is 1.06. The fourth-order valence-corrected chi connectivity index (χ4v) is 1.97. The third kappa shape index (κ3) is 2.34. The summed E-state index contributed by atoms with van der Waals surface area (Å²) in [5.74, 6) is -1.14. The molecule has 1 aromatic rings. The fourth-order valence-electron chi connectivity index (χ4n) is 1.97. The maximum Gasteiger partial charge on any atom is 0.322 e. The van der Waals surface area contributed by atoms with Gasteiger partial charge in [0.1, 0.15) is 6.04 Å². The normalized spacial score (nSPS) is 17.6. The van der Waals surface area contributed by atoms with E-state index in [4.69, 9.17) is 16.6 Å². The first kappa shape index (κ1) is 12.5. The van der Waals surface area contributed by atoms with Crippen molar-refractivity contribution in [1.82, 2.24) is 0 Å². The largest absolute Gasteiger partial charge is 0.480 e. The van der Waals surface area contributed by atoms with Crippen LogP contribution in [0.3, 0.4) is 0 Å². The van der Waals surface area contributed by atoms with Gasteiger partial charge in [-0.25, -0.2) is 0 Å². The first-order chi connectivity index (χ1) is 8.49. The van der Waals surface area contributed by atoms with E-state index >= 15 is 0 Å². The van der Waals surface area contributed by atoms with Gasteiger partial charge >= 0.3 is 5.97 Å². The number of amides is 1. The second kappa shape index (κ2) is 4.75. The fraction of sp³-hybridized carbons (Fsp3) is 0.333. The van der Waals surface area contributed by atoms with Gasteiger partial charge in [0.15, 0.2) is 0 Å². The zero-order chi connectivity index (χ0) is 13.3. The number of aliphatic carboxylic acids is 1. The molecule has 1 amide bonds. The Kier molecular flexibility index (Phi) is 3.31. The quantitative estimate of drug-likeness (QED) is 0.600. The SMILES string of the molecule is NC(C(=O)O)C(N)c1ccc2c(c1)CCC(=O)N2. The van der Waals surface area contributed by atoms with Gasteiger partial charge in [-0.15, -0.1) is 0 Å². The van der Waals surface area contributed by atoms with Gasteiger partial charge in [-0.1, -0.05) is 12.1 Å². The molecule has 2 atom stereocenters. The monoisotopic (exact) mass is 249 g/mol. The highest BCUT2D eigenvalue weighted by Gasteiger charge is 2.23. The number of carbonyl (C=O) groups is 2. The first-order valence-electron chi connectivity index (χ1n) is 5.65. The Hall–Kier alpha value is -1.92. The Balaban J connectivity index is 2.26. The summed E-state index contributed by atoms with van der Waals surface area (Å²) < 4.78 is 0. The highest BCUT2D eigenvalue weighted by Crippen LogP contribution is 2.26. The van der Waals surface area contributed by atoms with Crippen molar-refractivity contribution < 1.29 is 14.7 Å². The number of carboxylic acid groups (broad SMARTS) is 1. The van der Waals surface area contributed by atoms with Crippen LogP contribution in [-0.2, 0) is 16.0 Å². The first-order valence-corrected chi connectivity index (χ1v) is 5.65. The van der Waals surface area contributed by atoms with Crippen molar-refractivity contribution in [2.24, 2.45) is 11.5 Å². The number of anilines is 1. The number of rotatable bonds is 3. The molecule has 0 fully saturated rings. The molecule has 1 aromatic carbocycles. The van der Waals surface area contributed by atoms with Crippen molar-refractivity contribution in [2.75, 3.05) is 5.32 Å². The molecule has 0 saturated carbocycles. The van der Waals surface area contributed by atoms with E-state index in [0.717, 1.165) is 11.3 Å². The highest BCUT2D eigenvalue weighted by molar-refractivity contribution is 5.93. The van der Waals surface area contributed by atoms with Crippen LogP contribution in [0.2, 0.25) is 0 Å². The van der Waals surface area contributed by atoms with Crippen molar-refractivity contribution in [1.29, 1.82) is 0 Å². The molecule has 18 heavy (non-hydrogen) atoms. The number of benzene rings is 1. The van der Waals surface area contributed by atoms with Crippen LogP contribution in [-0.4, -0.2) is 23.0 Å². The smallest absolute Gasteiger partial charge is 0.322 e. The lowest BCUT2D eigenvalue weighted by Gasteiger charge is -2.21. The van der Waals surface area contributed by atoms with Gasteiger partial charge in [0.25, 0.3) is 0 Å². The van der Waals surface area contributed by atoms with Gasteiger partial charge in [-0.05, 0) is 23.6 Å². The molecule has 6 nitrogen and oxygen atoms in total. The molecule has 0 radical (unpaired) electrons. The maximum absolute atomic E-state index is 11.2. The van der Waals surface area contributed by atoms with Crippen LogP contribution in [0, 0.1) is 0 Å². The molecule has 1 aliphatic heterocycles. The lowest BCUT2D eigenvalue weighted by molar-refractivity contribution is -0.139. The van der Waals surface area contributed by atoms with E-state index < -0.39 is 18.1 Å². The van der Waals surface area contributed by atoms with Crippen LogP contribution < -0.4 is 16.8 Å². The molecule has 1 heterocycles. The van der Waals surface area contributed by atoms with Crippen LogP contribution in [0.1, 0.15) is 23.6 Å². The molecule has 0 aromatic heterocycles. The van der Waals surface area contributed by atoms with Crippen molar-refractivity contribution in [2.45, 2.75) is 24.9 Å². The minimum absolute atomic E-state index is 0.0122. The molecule has 2 rings (SSSR count). The summed E-state index contributed by atoms with van der Waals surface area (Å²) in [5, 5.41) is 11.6. The molecule has 0 spiro atoms. The lowest BCUT2D eigenvalue weighted by Crippen LogP contribution is -2.40. The second-order valence-electron chi connectivity index (χ2n) is 4.35. The number of aryl methyl sites for hydroxylation is 1. The van der Waals surface area contributed by atoms with Crippen LogP contribution >= 0.6 is 0 Å². The summed E-state index contributed by atoms with van der Waals surface area (Å²) in [6, 6.07) is 3.34. The van der Waals surface area contributed by atoms with Gasteiger partial charge in [0, 0.05) is 12.1 Å². The van der Waals surface area contributed by atoms with E-state index in [0.29, 0.717) is 18.4 Å². The molecular weight excluding hydrogens is 234 g/mol. The summed E-state index contributed by atoms with van der Waals surface area (Å²) in [4.78, 5) is 22.0. The van der Waals surface area contributed by atoms with Crippen molar-refractivity contribution in [3.8, 4) is 0 Å². The number of hydrogen-bond donors (Lipinski definition) is 4. The minimum Gasteiger partial charge on any atom is -0.480 e. The average Bonchev–Trinajstić information content (AvgIpc) is 2.36. The van der Waals surface area contributed by atoms with E-state index in [-0.39, 0.29) is 5.91 Å². The van der Waals surface area contributed by atoms with E-state index in [1.165, 1.54) is 0 Å². The second-order valence-corrected chi connectivity index (χ2v) is 4.35. The molecule has 6 N–H and O–H groups in total. The third-order valence-corrected chi connectivity index (χ3v) is 3.08. The summed E-state index contributed by atoms with van der Waals surface area (Å²) >= 11 is 0. The minimum atomic E-state index is -1.14. The molecule has 0 bridgehead atoms. The Bertz CT molecular complexity index is 501. The predicted octanol–water partition coefficient (Wildman–Crippen LogP) is -0.0170. The van der Waals surface area contributed by atoms with E-state index in [2.05, 4.69) is 5.32 Å². The van der Waals surface area contributed by atoms with Crippen molar-refractivity contribution >= 4 is 17.6 Å². The molecule has 96 valence electrons. The van der Waals surface area contributed by atoms with E-state index in [1.54, 1.807) is 12.1 Å². The summed E-state index contributed by atoms with van der Waals surface area (Å²) in [6.45, 7) is 0. The molecule has 6 heteroatoms. The van der Waals surface area contributed by atoms with Gasteiger partial charge in [0.2, 0.25) is 5.91 Å². The predicted molar refractivity (Wildman–Crippen MR) is 65.9 cm³/mol. The van der Waals surface area contributed by atoms with Gasteiger partial charge < -0.3 is 21.9 Å². The van der Waals surface area contributed by atoms with Gasteiger partial charge in [-0.2, -0.15) is 0 Å². The van der Waals surface area contributed by atoms with Crippen LogP contribution in [0.4, 0.5) is 5.69 Å². The molecule has 0 saturated heterocycles. The number of hydrogen-bond acceptors (Lipinski definition) is 4. The Morgan fingerprint density at radius 2 is 2.06 bits per heavy atom. The van der Waals surface area contributed by atoms with Crippen LogP contribution in [0.25, 0.3) is 0 Å². The molecular formula is C12H15N3O3.